The van der Waals surface area contributed by atoms with Crippen molar-refractivity contribution in [3.8, 4) is 0 Å². The minimum Gasteiger partial charge on any atom is -0.385 e. The molecule has 0 saturated carbocycles. The van der Waals surface area contributed by atoms with E-state index >= 15 is 0 Å². The molecule has 0 bridgehead atoms. The second-order valence-corrected chi connectivity index (χ2v) is 1.76. The van der Waals surface area contributed by atoms with Crippen LogP contribution in [0.1, 0.15) is 6.92 Å². The van der Waals surface area contributed by atoms with Gasteiger partial charge in [-0.25, -0.2) is 0 Å². The van der Waals surface area contributed by atoms with Crippen LogP contribution in [0.2, 0.25) is 0 Å². The van der Waals surface area contributed by atoms with Gasteiger partial charge in [0.25, 0.3) is 0 Å². The van der Waals surface area contributed by atoms with Gasteiger partial charge in [0.15, 0.2) is 0 Å². The molecule has 0 amide bonds. The third kappa shape index (κ3) is 0.904. The highest BCUT2D eigenvalue weighted by Crippen LogP contribution is 2.06. The molecule has 38 valence electrons. The Morgan fingerprint density at radius 2 is 2.43 bits per heavy atom. The first kappa shape index (κ1) is 4.60. The lowest BCUT2D eigenvalue weighted by Crippen LogP contribution is -1.90. The van der Waals surface area contributed by atoms with E-state index in [-0.39, 0.29) is 6.10 Å². The fraction of sp³-hybridized carbons (Fsp3) is 0.333. The highest BCUT2D eigenvalue weighted by molar-refractivity contribution is 5.27. The van der Waals surface area contributed by atoms with Gasteiger partial charge >= 0.3 is 0 Å². The van der Waals surface area contributed by atoms with Crippen molar-refractivity contribution in [3.05, 3.63) is 23.8 Å². The molecular formula is C6H8O. The Labute approximate surface area is 43.0 Å². The Morgan fingerprint density at radius 3 is 2.57 bits per heavy atom. The molecule has 0 heterocycles. The normalized spacial score (nSPS) is 28.3. The lowest BCUT2D eigenvalue weighted by molar-refractivity contribution is 0.274. The van der Waals surface area contributed by atoms with Gasteiger partial charge in [-0.3, -0.25) is 0 Å². The van der Waals surface area contributed by atoms with Crippen LogP contribution in [0.4, 0.5) is 0 Å². The van der Waals surface area contributed by atoms with Gasteiger partial charge < -0.3 is 5.11 Å². The van der Waals surface area contributed by atoms with Gasteiger partial charge in [0.2, 0.25) is 0 Å². The smallest absolute Gasteiger partial charge is 0.0911 e. The van der Waals surface area contributed by atoms with Crippen LogP contribution < -0.4 is 0 Å². The Bertz CT molecular complexity index is 122. The molecule has 1 N–H and O–H groups in total. The maximum absolute atomic E-state index is 8.74. The summed E-state index contributed by atoms with van der Waals surface area (Å²) in [6.07, 6.45) is 5.15. The molecule has 0 radical (unpaired) electrons. The van der Waals surface area contributed by atoms with Crippen LogP contribution in [-0.4, -0.2) is 11.2 Å². The predicted molar refractivity (Wildman–Crippen MR) is 28.9 cm³/mol. The van der Waals surface area contributed by atoms with E-state index in [0.29, 0.717) is 0 Å². The summed E-state index contributed by atoms with van der Waals surface area (Å²) in [5.41, 5.74) is 1.15. The maximum Gasteiger partial charge on any atom is 0.0911 e. The van der Waals surface area contributed by atoms with E-state index in [1.807, 2.05) is 13.0 Å². The average Bonchev–Trinajstić information content (AvgIpc) is 1.87. The van der Waals surface area contributed by atoms with Crippen LogP contribution in [0.3, 0.4) is 0 Å². The fourth-order valence-electron chi connectivity index (χ4n) is 0.631. The number of hydrogen-bond donors (Lipinski definition) is 1. The van der Waals surface area contributed by atoms with E-state index in [4.69, 9.17) is 5.11 Å². The number of rotatable bonds is 0. The van der Waals surface area contributed by atoms with Gasteiger partial charge in [0.05, 0.1) is 6.10 Å². The maximum atomic E-state index is 8.74. The molecule has 0 aliphatic heterocycles. The molecule has 0 saturated heterocycles. The summed E-state index contributed by atoms with van der Waals surface area (Å²) < 4.78 is 0. The zero-order valence-electron chi connectivity index (χ0n) is 4.26. The lowest BCUT2D eigenvalue weighted by atomic mass is 10.3. The second kappa shape index (κ2) is 1.51. The van der Waals surface area contributed by atoms with Crippen LogP contribution >= 0.6 is 0 Å². The van der Waals surface area contributed by atoms with Crippen molar-refractivity contribution in [2.75, 3.05) is 0 Å². The van der Waals surface area contributed by atoms with Crippen molar-refractivity contribution >= 4 is 0 Å². The standard InChI is InChI=1S/C6H8O/c1-5-2-3-6(7)4-5/h2-4,6-7H,1H3. The van der Waals surface area contributed by atoms with E-state index in [1.54, 1.807) is 12.2 Å². The summed E-state index contributed by atoms with van der Waals surface area (Å²) in [6.45, 7) is 1.96. The summed E-state index contributed by atoms with van der Waals surface area (Å²) in [6, 6.07) is 0. The quantitative estimate of drug-likeness (QED) is 0.474. The zero-order valence-corrected chi connectivity index (χ0v) is 4.26. The van der Waals surface area contributed by atoms with E-state index < -0.39 is 0 Å². The van der Waals surface area contributed by atoms with Crippen molar-refractivity contribution in [3.63, 3.8) is 0 Å². The third-order valence-corrected chi connectivity index (χ3v) is 0.990. The van der Waals surface area contributed by atoms with Crippen LogP contribution in [0.5, 0.6) is 0 Å². The monoisotopic (exact) mass is 96.1 g/mol. The summed E-state index contributed by atoms with van der Waals surface area (Å²) in [5.74, 6) is 0. The molecule has 1 aliphatic rings. The first-order valence-electron chi connectivity index (χ1n) is 2.34. The minimum absolute atomic E-state index is 0.319. The largest absolute Gasteiger partial charge is 0.385 e. The van der Waals surface area contributed by atoms with Gasteiger partial charge in [0, 0.05) is 0 Å². The van der Waals surface area contributed by atoms with Gasteiger partial charge in [-0.05, 0) is 13.0 Å². The van der Waals surface area contributed by atoms with Crippen molar-refractivity contribution in [1.29, 1.82) is 0 Å². The molecule has 7 heavy (non-hydrogen) atoms. The number of allylic oxidation sites excluding steroid dienone is 2. The van der Waals surface area contributed by atoms with Crippen molar-refractivity contribution in [2.45, 2.75) is 13.0 Å². The van der Waals surface area contributed by atoms with Crippen molar-refractivity contribution < 1.29 is 5.11 Å². The lowest BCUT2D eigenvalue weighted by Gasteiger charge is -1.85. The SMILES string of the molecule is CC1=CC(O)C=C1. The summed E-state index contributed by atoms with van der Waals surface area (Å²) in [7, 11) is 0. The molecule has 0 spiro atoms. The molecule has 0 aromatic rings. The topological polar surface area (TPSA) is 20.2 Å². The van der Waals surface area contributed by atoms with Gasteiger partial charge in [-0.15, -0.1) is 0 Å². The number of hydrogen-bond acceptors (Lipinski definition) is 1. The zero-order chi connectivity index (χ0) is 5.28. The molecule has 1 heteroatoms. The third-order valence-electron chi connectivity index (χ3n) is 0.990. The first-order valence-corrected chi connectivity index (χ1v) is 2.34. The Balaban J connectivity index is 2.69. The van der Waals surface area contributed by atoms with E-state index in [2.05, 4.69) is 0 Å². The Morgan fingerprint density at radius 1 is 1.71 bits per heavy atom. The molecule has 1 aliphatic carbocycles. The van der Waals surface area contributed by atoms with Crippen LogP contribution in [0, 0.1) is 0 Å². The van der Waals surface area contributed by atoms with E-state index in [9.17, 15) is 0 Å². The molecule has 1 rings (SSSR count). The molecule has 1 atom stereocenters. The number of aliphatic hydroxyl groups excluding tert-OH is 1. The Hall–Kier alpha value is -0.560. The van der Waals surface area contributed by atoms with Crippen molar-refractivity contribution in [1.82, 2.24) is 0 Å². The minimum atomic E-state index is -0.319. The summed E-state index contributed by atoms with van der Waals surface area (Å²) in [5, 5.41) is 8.74. The molecule has 0 fully saturated rings. The van der Waals surface area contributed by atoms with E-state index in [1.165, 1.54) is 0 Å². The summed E-state index contributed by atoms with van der Waals surface area (Å²) in [4.78, 5) is 0. The molecule has 1 unspecified atom stereocenters. The van der Waals surface area contributed by atoms with E-state index in [0.717, 1.165) is 5.57 Å². The van der Waals surface area contributed by atoms with Gasteiger partial charge in [0.1, 0.15) is 0 Å². The predicted octanol–water partition coefficient (Wildman–Crippen LogP) is 0.863. The van der Waals surface area contributed by atoms with Crippen LogP contribution in [0.15, 0.2) is 23.8 Å². The summed E-state index contributed by atoms with van der Waals surface area (Å²) >= 11 is 0. The van der Waals surface area contributed by atoms with Gasteiger partial charge in [-0.2, -0.15) is 0 Å². The Kier molecular flexibility index (Phi) is 0.988. The molecule has 0 aromatic carbocycles. The molecule has 1 nitrogen and oxygen atoms in total. The second-order valence-electron chi connectivity index (χ2n) is 1.76. The number of aliphatic hydroxyl groups is 1. The fourth-order valence-corrected chi connectivity index (χ4v) is 0.631. The highest BCUT2D eigenvalue weighted by atomic mass is 16.3. The highest BCUT2D eigenvalue weighted by Gasteiger charge is 1.98. The van der Waals surface area contributed by atoms with Crippen molar-refractivity contribution in [2.24, 2.45) is 0 Å². The first-order chi connectivity index (χ1) is 3.29. The average molecular weight is 96.1 g/mol. The molecular weight excluding hydrogens is 88.1 g/mol. The van der Waals surface area contributed by atoms with Crippen LogP contribution in [-0.2, 0) is 0 Å². The van der Waals surface area contributed by atoms with Gasteiger partial charge in [-0.1, -0.05) is 17.7 Å². The molecule has 0 aromatic heterocycles. The van der Waals surface area contributed by atoms with Crippen LogP contribution in [0.25, 0.3) is 0 Å².